The summed E-state index contributed by atoms with van der Waals surface area (Å²) in [4.78, 5) is 0. The maximum absolute atomic E-state index is 3.53. The van der Waals surface area contributed by atoms with Crippen LogP contribution in [0.3, 0.4) is 0 Å². The van der Waals surface area contributed by atoms with Crippen molar-refractivity contribution in [2.45, 2.75) is 53.0 Å². The van der Waals surface area contributed by atoms with Crippen LogP contribution in [0.4, 0.5) is 0 Å². The van der Waals surface area contributed by atoms with Gasteiger partial charge in [-0.15, -0.1) is 0 Å². The molecule has 21 heavy (non-hydrogen) atoms. The first kappa shape index (κ1) is 16.1. The number of hydrogen-bond donors (Lipinski definition) is 1. The predicted octanol–water partition coefficient (Wildman–Crippen LogP) is 4.62. The van der Waals surface area contributed by atoms with Gasteiger partial charge < -0.3 is 9.88 Å². The summed E-state index contributed by atoms with van der Waals surface area (Å²) in [6.45, 7) is 10.2. The van der Waals surface area contributed by atoms with Gasteiger partial charge in [-0.1, -0.05) is 39.0 Å². The Bertz CT molecular complexity index is 539. The van der Waals surface area contributed by atoms with Gasteiger partial charge in [0.1, 0.15) is 0 Å². The van der Waals surface area contributed by atoms with Crippen molar-refractivity contribution in [1.82, 2.24) is 9.88 Å². The zero-order valence-electron chi connectivity index (χ0n) is 13.9. The molecule has 0 saturated heterocycles. The summed E-state index contributed by atoms with van der Waals surface area (Å²) in [7, 11) is 0. The van der Waals surface area contributed by atoms with E-state index >= 15 is 0 Å². The summed E-state index contributed by atoms with van der Waals surface area (Å²) in [5.74, 6) is 0.747. The molecule has 0 fully saturated rings. The second-order valence-corrected chi connectivity index (χ2v) is 6.42. The normalized spacial score (nSPS) is 11.6. The van der Waals surface area contributed by atoms with Gasteiger partial charge in [0.15, 0.2) is 0 Å². The lowest BCUT2D eigenvalue weighted by Crippen LogP contribution is -2.20. The first-order valence-corrected chi connectivity index (χ1v) is 8.49. The molecule has 1 aromatic heterocycles. The molecule has 2 rings (SSSR count). The van der Waals surface area contributed by atoms with E-state index in [-0.39, 0.29) is 0 Å². The first-order chi connectivity index (χ1) is 10.2. The Kier molecular flexibility index (Phi) is 6.31. The second kappa shape index (κ2) is 8.23. The van der Waals surface area contributed by atoms with Gasteiger partial charge in [-0.25, -0.2) is 0 Å². The van der Waals surface area contributed by atoms with E-state index < -0.39 is 0 Å². The summed E-state index contributed by atoms with van der Waals surface area (Å²) in [6.07, 6.45) is 7.29. The van der Waals surface area contributed by atoms with Crippen LogP contribution in [0.5, 0.6) is 0 Å². The van der Waals surface area contributed by atoms with Crippen molar-refractivity contribution in [2.24, 2.45) is 5.92 Å². The van der Waals surface area contributed by atoms with Gasteiger partial charge in [0.2, 0.25) is 0 Å². The number of unbranched alkanes of at least 4 members (excludes halogenated alkanes) is 1. The zero-order valence-corrected chi connectivity index (χ0v) is 13.9. The molecule has 0 aliphatic heterocycles. The molecule has 1 heterocycles. The Labute approximate surface area is 129 Å². The first-order valence-electron chi connectivity index (χ1n) is 8.49. The minimum Gasteiger partial charge on any atom is -0.347 e. The van der Waals surface area contributed by atoms with Gasteiger partial charge in [-0.3, -0.25) is 0 Å². The monoisotopic (exact) mass is 286 g/mol. The van der Waals surface area contributed by atoms with E-state index in [9.17, 15) is 0 Å². The van der Waals surface area contributed by atoms with Crippen molar-refractivity contribution in [2.75, 3.05) is 13.1 Å². The van der Waals surface area contributed by atoms with Crippen molar-refractivity contribution in [3.05, 3.63) is 36.0 Å². The number of benzene rings is 1. The highest BCUT2D eigenvalue weighted by Gasteiger charge is 2.07. The van der Waals surface area contributed by atoms with Crippen LogP contribution in [0.1, 0.15) is 45.6 Å². The van der Waals surface area contributed by atoms with Crippen LogP contribution in [0.2, 0.25) is 0 Å². The van der Waals surface area contributed by atoms with E-state index in [4.69, 9.17) is 0 Å². The lowest BCUT2D eigenvalue weighted by atomic mass is 10.1. The van der Waals surface area contributed by atoms with Gasteiger partial charge in [-0.05, 0) is 56.3 Å². The largest absolute Gasteiger partial charge is 0.347 e. The van der Waals surface area contributed by atoms with E-state index in [0.29, 0.717) is 0 Å². The topological polar surface area (TPSA) is 17.0 Å². The standard InChI is InChI=1S/C19H30N2/c1-4-13-21-15-17(18-10-5-6-11-19(18)21)9-7-8-12-20-14-16(2)3/h5-6,10-11,15-16,20H,4,7-9,12-14H2,1-3H3. The van der Waals surface area contributed by atoms with E-state index in [0.717, 1.165) is 25.6 Å². The molecule has 0 saturated carbocycles. The fraction of sp³-hybridized carbons (Fsp3) is 0.579. The molecule has 0 radical (unpaired) electrons. The summed E-state index contributed by atoms with van der Waals surface area (Å²) >= 11 is 0. The van der Waals surface area contributed by atoms with Crippen molar-refractivity contribution in [3.63, 3.8) is 0 Å². The third-order valence-electron chi connectivity index (χ3n) is 3.94. The van der Waals surface area contributed by atoms with Crippen LogP contribution in [0, 0.1) is 5.92 Å². The lowest BCUT2D eigenvalue weighted by Gasteiger charge is -2.06. The molecule has 116 valence electrons. The third-order valence-corrected chi connectivity index (χ3v) is 3.94. The number of hydrogen-bond acceptors (Lipinski definition) is 1. The Morgan fingerprint density at radius 3 is 2.71 bits per heavy atom. The highest BCUT2D eigenvalue weighted by atomic mass is 15.0. The summed E-state index contributed by atoms with van der Waals surface area (Å²) in [6, 6.07) is 8.83. The number of para-hydroxylation sites is 1. The second-order valence-electron chi connectivity index (χ2n) is 6.42. The van der Waals surface area contributed by atoms with Crippen LogP contribution in [-0.4, -0.2) is 17.7 Å². The molecular formula is C19H30N2. The lowest BCUT2D eigenvalue weighted by molar-refractivity contribution is 0.535. The highest BCUT2D eigenvalue weighted by molar-refractivity contribution is 5.83. The Morgan fingerprint density at radius 2 is 1.95 bits per heavy atom. The Morgan fingerprint density at radius 1 is 1.14 bits per heavy atom. The van der Waals surface area contributed by atoms with Crippen LogP contribution >= 0.6 is 0 Å². The summed E-state index contributed by atoms with van der Waals surface area (Å²) in [5.41, 5.74) is 2.91. The summed E-state index contributed by atoms with van der Waals surface area (Å²) < 4.78 is 2.42. The smallest absolute Gasteiger partial charge is 0.0483 e. The van der Waals surface area contributed by atoms with Crippen molar-refractivity contribution in [1.29, 1.82) is 0 Å². The molecule has 2 aromatic rings. The summed E-state index contributed by atoms with van der Waals surface area (Å²) in [5, 5.41) is 4.97. The number of aryl methyl sites for hydroxylation is 2. The molecular weight excluding hydrogens is 256 g/mol. The van der Waals surface area contributed by atoms with E-state index in [1.165, 1.54) is 42.1 Å². The minimum absolute atomic E-state index is 0.747. The maximum Gasteiger partial charge on any atom is 0.0483 e. The van der Waals surface area contributed by atoms with E-state index in [2.05, 4.69) is 61.1 Å². The number of nitrogens with zero attached hydrogens (tertiary/aromatic N) is 1. The number of fused-ring (bicyclic) bond motifs is 1. The van der Waals surface area contributed by atoms with Gasteiger partial charge in [0, 0.05) is 23.6 Å². The highest BCUT2D eigenvalue weighted by Crippen LogP contribution is 2.23. The van der Waals surface area contributed by atoms with Crippen molar-refractivity contribution in [3.8, 4) is 0 Å². The fourth-order valence-electron chi connectivity index (χ4n) is 2.90. The van der Waals surface area contributed by atoms with Crippen LogP contribution in [-0.2, 0) is 13.0 Å². The average molecular weight is 286 g/mol. The van der Waals surface area contributed by atoms with E-state index in [1.54, 1.807) is 0 Å². The molecule has 0 aliphatic carbocycles. The molecule has 0 amide bonds. The molecule has 2 heteroatoms. The predicted molar refractivity (Wildman–Crippen MR) is 92.9 cm³/mol. The molecule has 1 N–H and O–H groups in total. The van der Waals surface area contributed by atoms with E-state index in [1.807, 2.05) is 0 Å². The van der Waals surface area contributed by atoms with Gasteiger partial charge >= 0.3 is 0 Å². The average Bonchev–Trinajstić information content (AvgIpc) is 2.81. The number of aromatic nitrogens is 1. The van der Waals surface area contributed by atoms with Gasteiger partial charge in [0.05, 0.1) is 0 Å². The van der Waals surface area contributed by atoms with Crippen molar-refractivity contribution < 1.29 is 0 Å². The van der Waals surface area contributed by atoms with Crippen LogP contribution < -0.4 is 5.32 Å². The maximum atomic E-state index is 3.53. The quantitative estimate of drug-likeness (QED) is 0.666. The zero-order chi connectivity index (χ0) is 15.1. The Balaban J connectivity index is 1.90. The van der Waals surface area contributed by atoms with Crippen molar-refractivity contribution >= 4 is 10.9 Å². The molecule has 0 aliphatic rings. The van der Waals surface area contributed by atoms with Gasteiger partial charge in [0.25, 0.3) is 0 Å². The molecule has 1 aromatic carbocycles. The SMILES string of the molecule is CCCn1cc(CCCCNCC(C)C)c2ccccc21. The molecule has 0 atom stereocenters. The molecule has 0 unspecified atom stereocenters. The minimum atomic E-state index is 0.747. The fourth-order valence-corrected chi connectivity index (χ4v) is 2.90. The van der Waals surface area contributed by atoms with Crippen LogP contribution in [0.15, 0.2) is 30.5 Å². The van der Waals surface area contributed by atoms with Crippen LogP contribution in [0.25, 0.3) is 10.9 Å². The molecule has 2 nitrogen and oxygen atoms in total. The Hall–Kier alpha value is -1.28. The number of nitrogens with one attached hydrogen (secondary N) is 1. The van der Waals surface area contributed by atoms with Gasteiger partial charge in [-0.2, -0.15) is 0 Å². The third kappa shape index (κ3) is 4.60. The molecule has 0 bridgehead atoms. The number of rotatable bonds is 9. The molecule has 0 spiro atoms.